The SMILES string of the molecule is CP(C)(=O)c1cccnc1F. The van der Waals surface area contributed by atoms with Gasteiger partial charge in [-0.05, 0) is 25.5 Å². The molecule has 0 aromatic carbocycles. The Labute approximate surface area is 64.8 Å². The lowest BCUT2D eigenvalue weighted by atomic mass is 10.5. The van der Waals surface area contributed by atoms with Crippen molar-refractivity contribution in [2.45, 2.75) is 0 Å². The van der Waals surface area contributed by atoms with E-state index in [2.05, 4.69) is 4.98 Å². The molecule has 0 bridgehead atoms. The van der Waals surface area contributed by atoms with Gasteiger partial charge >= 0.3 is 0 Å². The van der Waals surface area contributed by atoms with Crippen molar-refractivity contribution < 1.29 is 8.96 Å². The number of hydrogen-bond donors (Lipinski definition) is 0. The van der Waals surface area contributed by atoms with Crippen LogP contribution in [0.1, 0.15) is 0 Å². The van der Waals surface area contributed by atoms with Crippen LogP contribution in [0.25, 0.3) is 0 Å². The molecule has 1 rings (SSSR count). The topological polar surface area (TPSA) is 30.0 Å². The Kier molecular flexibility index (Phi) is 2.10. The second-order valence-corrected chi connectivity index (χ2v) is 5.85. The maximum atomic E-state index is 12.8. The molecule has 0 aliphatic rings. The summed E-state index contributed by atoms with van der Waals surface area (Å²) in [5, 5.41) is 0.222. The van der Waals surface area contributed by atoms with Gasteiger partial charge in [-0.3, -0.25) is 0 Å². The smallest absolute Gasteiger partial charge is 0.223 e. The van der Waals surface area contributed by atoms with E-state index in [1.165, 1.54) is 25.6 Å². The van der Waals surface area contributed by atoms with Crippen molar-refractivity contribution in [2.75, 3.05) is 13.3 Å². The first-order chi connectivity index (χ1) is 5.02. The molecule has 0 radical (unpaired) electrons. The van der Waals surface area contributed by atoms with E-state index in [1.54, 1.807) is 6.07 Å². The molecule has 0 amide bonds. The second kappa shape index (κ2) is 2.74. The average molecular weight is 173 g/mol. The standard InChI is InChI=1S/C7H9FNOP/c1-11(2,10)6-4-3-5-9-7(6)8/h3-5H,1-2H3. The summed E-state index contributed by atoms with van der Waals surface area (Å²) in [4.78, 5) is 3.41. The molecule has 0 N–H and O–H groups in total. The quantitative estimate of drug-likeness (QED) is 0.475. The van der Waals surface area contributed by atoms with Gasteiger partial charge in [-0.25, -0.2) is 4.98 Å². The van der Waals surface area contributed by atoms with Crippen LogP contribution >= 0.6 is 7.14 Å². The fourth-order valence-corrected chi connectivity index (χ4v) is 1.73. The minimum Gasteiger partial charge on any atom is -0.319 e. The molecule has 0 atom stereocenters. The van der Waals surface area contributed by atoms with Crippen molar-refractivity contribution in [3.05, 3.63) is 24.3 Å². The number of nitrogens with zero attached hydrogens (tertiary/aromatic N) is 1. The molecule has 0 spiro atoms. The maximum absolute atomic E-state index is 12.8. The first kappa shape index (κ1) is 8.41. The molecule has 2 nitrogen and oxygen atoms in total. The van der Waals surface area contributed by atoms with Crippen LogP contribution in [0.15, 0.2) is 18.3 Å². The molecular formula is C7H9FNOP. The third-order valence-corrected chi connectivity index (χ3v) is 2.81. The zero-order valence-electron chi connectivity index (χ0n) is 6.41. The molecule has 0 fully saturated rings. The van der Waals surface area contributed by atoms with Crippen LogP contribution in [0.4, 0.5) is 4.39 Å². The van der Waals surface area contributed by atoms with E-state index in [-0.39, 0.29) is 5.30 Å². The number of rotatable bonds is 1. The van der Waals surface area contributed by atoms with E-state index < -0.39 is 13.1 Å². The monoisotopic (exact) mass is 173 g/mol. The Morgan fingerprint density at radius 1 is 1.55 bits per heavy atom. The summed E-state index contributed by atoms with van der Waals surface area (Å²) in [7, 11) is -2.49. The lowest BCUT2D eigenvalue weighted by Crippen LogP contribution is -2.09. The Bertz CT molecular complexity index is 307. The van der Waals surface area contributed by atoms with Crippen molar-refractivity contribution in [1.82, 2.24) is 4.98 Å². The van der Waals surface area contributed by atoms with E-state index in [9.17, 15) is 8.96 Å². The summed E-state index contributed by atoms with van der Waals surface area (Å²) in [6.07, 6.45) is 1.34. The summed E-state index contributed by atoms with van der Waals surface area (Å²) in [6, 6.07) is 3.08. The average Bonchev–Trinajstić information content (AvgIpc) is 1.86. The number of hydrogen-bond acceptors (Lipinski definition) is 2. The van der Waals surface area contributed by atoms with E-state index in [0.717, 1.165) is 0 Å². The highest BCUT2D eigenvalue weighted by Gasteiger charge is 2.15. The lowest BCUT2D eigenvalue weighted by Gasteiger charge is -2.05. The minimum absolute atomic E-state index is 0.222. The molecule has 1 aromatic heterocycles. The van der Waals surface area contributed by atoms with E-state index in [1.807, 2.05) is 0 Å². The molecule has 0 unspecified atom stereocenters. The summed E-state index contributed by atoms with van der Waals surface area (Å²) >= 11 is 0. The van der Waals surface area contributed by atoms with Gasteiger partial charge in [0.05, 0.1) is 5.30 Å². The van der Waals surface area contributed by atoms with Gasteiger partial charge in [-0.1, -0.05) is 0 Å². The predicted molar refractivity (Wildman–Crippen MR) is 43.3 cm³/mol. The largest absolute Gasteiger partial charge is 0.319 e. The Morgan fingerprint density at radius 2 is 2.18 bits per heavy atom. The highest BCUT2D eigenvalue weighted by Crippen LogP contribution is 2.34. The molecule has 1 heterocycles. The predicted octanol–water partition coefficient (Wildman–Crippen LogP) is 1.47. The molecule has 0 saturated heterocycles. The van der Waals surface area contributed by atoms with Crippen LogP contribution in [0, 0.1) is 5.95 Å². The normalized spacial score (nSPS) is 11.5. The Hall–Kier alpha value is -0.690. The van der Waals surface area contributed by atoms with Crippen molar-refractivity contribution in [3.63, 3.8) is 0 Å². The number of pyridine rings is 1. The zero-order chi connectivity index (χ0) is 8.48. The highest BCUT2D eigenvalue weighted by molar-refractivity contribution is 7.70. The van der Waals surface area contributed by atoms with E-state index in [4.69, 9.17) is 0 Å². The summed E-state index contributed by atoms with van der Waals surface area (Å²) in [5.74, 6) is -0.624. The van der Waals surface area contributed by atoms with E-state index in [0.29, 0.717) is 0 Å². The maximum Gasteiger partial charge on any atom is 0.223 e. The van der Waals surface area contributed by atoms with Crippen LogP contribution in [0.3, 0.4) is 0 Å². The molecule has 0 saturated carbocycles. The molecule has 4 heteroatoms. The summed E-state index contributed by atoms with van der Waals surface area (Å²) in [6.45, 7) is 3.04. The van der Waals surface area contributed by atoms with Crippen molar-refractivity contribution >= 4 is 12.4 Å². The van der Waals surface area contributed by atoms with Crippen LogP contribution in [-0.4, -0.2) is 18.3 Å². The Balaban J connectivity index is 3.25. The third-order valence-electron chi connectivity index (χ3n) is 1.32. The van der Waals surface area contributed by atoms with Gasteiger partial charge in [0, 0.05) is 6.20 Å². The number of aromatic nitrogens is 1. The summed E-state index contributed by atoms with van der Waals surface area (Å²) < 4.78 is 24.2. The van der Waals surface area contributed by atoms with Gasteiger partial charge in [0.2, 0.25) is 5.95 Å². The second-order valence-electron chi connectivity index (χ2n) is 2.66. The van der Waals surface area contributed by atoms with Crippen LogP contribution in [0.2, 0.25) is 0 Å². The van der Waals surface area contributed by atoms with Crippen molar-refractivity contribution in [3.8, 4) is 0 Å². The van der Waals surface area contributed by atoms with Crippen LogP contribution in [-0.2, 0) is 4.57 Å². The molecule has 11 heavy (non-hydrogen) atoms. The van der Waals surface area contributed by atoms with Gasteiger partial charge < -0.3 is 4.57 Å². The molecule has 0 aliphatic heterocycles. The van der Waals surface area contributed by atoms with E-state index >= 15 is 0 Å². The van der Waals surface area contributed by atoms with Crippen LogP contribution in [0.5, 0.6) is 0 Å². The summed E-state index contributed by atoms with van der Waals surface area (Å²) in [5.41, 5.74) is 0. The lowest BCUT2D eigenvalue weighted by molar-refractivity contribution is 0.576. The fraction of sp³-hybridized carbons (Fsp3) is 0.286. The molecule has 1 aromatic rings. The van der Waals surface area contributed by atoms with Crippen LogP contribution < -0.4 is 5.30 Å². The number of halogens is 1. The van der Waals surface area contributed by atoms with Gasteiger partial charge in [0.15, 0.2) is 0 Å². The first-order valence-electron chi connectivity index (χ1n) is 3.18. The van der Waals surface area contributed by atoms with Crippen molar-refractivity contribution in [1.29, 1.82) is 0 Å². The molecule has 0 aliphatic carbocycles. The zero-order valence-corrected chi connectivity index (χ0v) is 7.31. The fourth-order valence-electron chi connectivity index (χ4n) is 0.779. The van der Waals surface area contributed by atoms with Gasteiger partial charge in [-0.15, -0.1) is 0 Å². The molecule has 60 valence electrons. The molecular weight excluding hydrogens is 164 g/mol. The third kappa shape index (κ3) is 1.87. The van der Waals surface area contributed by atoms with Gasteiger partial charge in [0.25, 0.3) is 0 Å². The van der Waals surface area contributed by atoms with Crippen molar-refractivity contribution in [2.24, 2.45) is 0 Å². The Morgan fingerprint density at radius 3 is 2.55 bits per heavy atom. The van der Waals surface area contributed by atoms with Gasteiger partial charge in [0.1, 0.15) is 7.14 Å². The first-order valence-corrected chi connectivity index (χ1v) is 5.78. The minimum atomic E-state index is -2.49. The highest BCUT2D eigenvalue weighted by atomic mass is 31.2. The van der Waals surface area contributed by atoms with Gasteiger partial charge in [-0.2, -0.15) is 4.39 Å².